The zero-order chi connectivity index (χ0) is 15.8. The molecule has 10 heteroatoms. The standard InChI is InChI=1S/C13H10FN7S2/c1-20-12(17-18-19-20)21-10-6-8(14)2-3-9(10)16-13(21)23-7-11-15-4-5-22-11/h2-6H,7H2,1H3. The molecule has 0 amide bonds. The summed E-state index contributed by atoms with van der Waals surface area (Å²) in [6, 6.07) is 4.48. The number of thioether (sulfide) groups is 1. The maximum Gasteiger partial charge on any atom is 0.256 e. The van der Waals surface area contributed by atoms with Crippen LogP contribution in [0.5, 0.6) is 0 Å². The van der Waals surface area contributed by atoms with Crippen molar-refractivity contribution in [2.75, 3.05) is 0 Å². The normalized spacial score (nSPS) is 11.4. The minimum absolute atomic E-state index is 0.328. The number of hydrogen-bond donors (Lipinski definition) is 0. The monoisotopic (exact) mass is 347 g/mol. The van der Waals surface area contributed by atoms with Crippen LogP contribution in [0.1, 0.15) is 5.01 Å². The number of rotatable bonds is 4. The van der Waals surface area contributed by atoms with Crippen molar-refractivity contribution in [1.29, 1.82) is 0 Å². The Morgan fingerprint density at radius 2 is 2.26 bits per heavy atom. The van der Waals surface area contributed by atoms with E-state index in [0.29, 0.717) is 27.9 Å². The molecule has 0 unspecified atom stereocenters. The van der Waals surface area contributed by atoms with Gasteiger partial charge in [0.05, 0.1) is 16.8 Å². The van der Waals surface area contributed by atoms with Crippen LogP contribution in [0.15, 0.2) is 34.9 Å². The van der Waals surface area contributed by atoms with E-state index in [9.17, 15) is 4.39 Å². The third-order valence-corrected chi connectivity index (χ3v) is 5.10. The van der Waals surface area contributed by atoms with Crippen LogP contribution in [0.4, 0.5) is 4.39 Å². The molecule has 116 valence electrons. The van der Waals surface area contributed by atoms with E-state index in [1.54, 1.807) is 35.2 Å². The van der Waals surface area contributed by atoms with Gasteiger partial charge < -0.3 is 0 Å². The number of nitrogens with zero attached hydrogens (tertiary/aromatic N) is 7. The molecule has 0 saturated carbocycles. The molecule has 0 bridgehead atoms. The second-order valence-corrected chi connectivity index (χ2v) is 6.60. The number of imidazole rings is 1. The Morgan fingerprint density at radius 1 is 1.35 bits per heavy atom. The second kappa shape index (κ2) is 5.70. The first-order chi connectivity index (χ1) is 11.2. The zero-order valence-electron chi connectivity index (χ0n) is 11.9. The predicted molar refractivity (Wildman–Crippen MR) is 85.1 cm³/mol. The fourth-order valence-electron chi connectivity index (χ4n) is 2.18. The third-order valence-electron chi connectivity index (χ3n) is 3.19. The smallest absolute Gasteiger partial charge is 0.254 e. The average molecular weight is 347 g/mol. The first-order valence-electron chi connectivity index (χ1n) is 6.64. The van der Waals surface area contributed by atoms with Crippen LogP contribution in [0.25, 0.3) is 17.0 Å². The molecule has 0 aliphatic carbocycles. The van der Waals surface area contributed by atoms with Gasteiger partial charge in [-0.05, 0) is 22.6 Å². The van der Waals surface area contributed by atoms with E-state index in [-0.39, 0.29) is 5.82 Å². The summed E-state index contributed by atoms with van der Waals surface area (Å²) in [4.78, 5) is 8.84. The van der Waals surface area contributed by atoms with Crippen LogP contribution in [0, 0.1) is 5.82 Å². The third kappa shape index (κ3) is 2.59. The zero-order valence-corrected chi connectivity index (χ0v) is 13.6. The number of thiazole rings is 1. The minimum atomic E-state index is -0.328. The van der Waals surface area contributed by atoms with Crippen LogP contribution in [0.3, 0.4) is 0 Å². The molecule has 0 N–H and O–H groups in total. The lowest BCUT2D eigenvalue weighted by molar-refractivity contribution is 0.628. The number of halogens is 1. The largest absolute Gasteiger partial charge is 0.256 e. The van der Waals surface area contributed by atoms with Crippen LogP contribution in [0.2, 0.25) is 0 Å². The van der Waals surface area contributed by atoms with Gasteiger partial charge in [0.15, 0.2) is 5.16 Å². The van der Waals surface area contributed by atoms with E-state index in [2.05, 4.69) is 25.5 Å². The quantitative estimate of drug-likeness (QED) is 0.528. The highest BCUT2D eigenvalue weighted by molar-refractivity contribution is 7.98. The first kappa shape index (κ1) is 14.3. The molecule has 7 nitrogen and oxygen atoms in total. The van der Waals surface area contributed by atoms with Crippen molar-refractivity contribution in [2.24, 2.45) is 7.05 Å². The number of aryl methyl sites for hydroxylation is 1. The van der Waals surface area contributed by atoms with E-state index in [4.69, 9.17) is 0 Å². The van der Waals surface area contributed by atoms with Gasteiger partial charge in [0.25, 0.3) is 5.95 Å². The molecule has 3 aromatic heterocycles. The van der Waals surface area contributed by atoms with Crippen molar-refractivity contribution >= 4 is 34.1 Å². The molecule has 1 aromatic carbocycles. The molecule has 0 aliphatic rings. The first-order valence-corrected chi connectivity index (χ1v) is 8.51. The number of fused-ring (bicyclic) bond motifs is 1. The van der Waals surface area contributed by atoms with Crippen molar-refractivity contribution in [2.45, 2.75) is 10.9 Å². The van der Waals surface area contributed by atoms with Crippen molar-refractivity contribution in [1.82, 2.24) is 34.7 Å². The predicted octanol–water partition coefficient (Wildman–Crippen LogP) is 2.44. The van der Waals surface area contributed by atoms with Crippen LogP contribution in [-0.2, 0) is 12.8 Å². The van der Waals surface area contributed by atoms with Gasteiger partial charge in [0.2, 0.25) is 0 Å². The maximum absolute atomic E-state index is 13.7. The summed E-state index contributed by atoms with van der Waals surface area (Å²) in [6.45, 7) is 0. The molecule has 4 rings (SSSR count). The molecule has 4 aromatic rings. The maximum atomic E-state index is 13.7. The van der Waals surface area contributed by atoms with E-state index < -0.39 is 0 Å². The van der Waals surface area contributed by atoms with Crippen LogP contribution < -0.4 is 0 Å². The second-order valence-electron chi connectivity index (χ2n) is 4.68. The number of hydrogen-bond acceptors (Lipinski definition) is 7. The minimum Gasteiger partial charge on any atom is -0.254 e. The highest BCUT2D eigenvalue weighted by Gasteiger charge is 2.18. The summed E-state index contributed by atoms with van der Waals surface area (Å²) < 4.78 is 17.0. The Bertz CT molecular complexity index is 960. The summed E-state index contributed by atoms with van der Waals surface area (Å²) >= 11 is 3.10. The lowest BCUT2D eigenvalue weighted by Crippen LogP contribution is -2.05. The molecule has 0 saturated heterocycles. The molecule has 0 spiro atoms. The molecule has 3 heterocycles. The molecular formula is C13H10FN7S2. The van der Waals surface area contributed by atoms with Gasteiger partial charge in [-0.1, -0.05) is 16.9 Å². The lowest BCUT2D eigenvalue weighted by atomic mass is 10.3. The topological polar surface area (TPSA) is 74.3 Å². The van der Waals surface area contributed by atoms with Crippen molar-refractivity contribution in [3.63, 3.8) is 0 Å². The fourth-order valence-corrected chi connectivity index (χ4v) is 3.83. The van der Waals surface area contributed by atoms with Gasteiger partial charge in [-0.25, -0.2) is 19.0 Å². The van der Waals surface area contributed by atoms with E-state index in [1.807, 2.05) is 5.38 Å². The molecule has 0 radical (unpaired) electrons. The van der Waals surface area contributed by atoms with Gasteiger partial charge in [0.1, 0.15) is 10.8 Å². The SMILES string of the molecule is Cn1nnnc1-n1c(SCc2nccs2)nc2ccc(F)cc21. The summed E-state index contributed by atoms with van der Waals surface area (Å²) in [5, 5.41) is 15.1. The van der Waals surface area contributed by atoms with Gasteiger partial charge in [-0.2, -0.15) is 0 Å². The number of aromatic nitrogens is 7. The number of benzene rings is 1. The Labute approximate surface area is 138 Å². The highest BCUT2D eigenvalue weighted by Crippen LogP contribution is 2.29. The van der Waals surface area contributed by atoms with E-state index >= 15 is 0 Å². The van der Waals surface area contributed by atoms with Crippen LogP contribution >= 0.6 is 23.1 Å². The van der Waals surface area contributed by atoms with Gasteiger partial charge in [0, 0.05) is 24.7 Å². The van der Waals surface area contributed by atoms with Gasteiger partial charge in [-0.3, -0.25) is 4.57 Å². The van der Waals surface area contributed by atoms with Gasteiger partial charge >= 0.3 is 0 Å². The Kier molecular flexibility index (Phi) is 3.54. The van der Waals surface area contributed by atoms with E-state index in [0.717, 1.165) is 5.01 Å². The Balaban J connectivity index is 1.84. The van der Waals surface area contributed by atoms with Gasteiger partial charge in [-0.15, -0.1) is 11.3 Å². The van der Waals surface area contributed by atoms with Crippen LogP contribution in [-0.4, -0.2) is 34.7 Å². The molecule has 0 atom stereocenters. The summed E-state index contributed by atoms with van der Waals surface area (Å²) in [7, 11) is 1.73. The molecular weight excluding hydrogens is 337 g/mol. The molecule has 0 aliphatic heterocycles. The summed E-state index contributed by atoms with van der Waals surface area (Å²) in [5.74, 6) is 0.833. The molecule has 23 heavy (non-hydrogen) atoms. The van der Waals surface area contributed by atoms with Crippen molar-refractivity contribution in [3.05, 3.63) is 40.6 Å². The Morgan fingerprint density at radius 3 is 3.00 bits per heavy atom. The highest BCUT2D eigenvalue weighted by atomic mass is 32.2. The number of tetrazole rings is 1. The lowest BCUT2D eigenvalue weighted by Gasteiger charge is -2.05. The fraction of sp³-hybridized carbons (Fsp3) is 0.154. The molecule has 0 fully saturated rings. The average Bonchev–Trinajstić information content (AvgIpc) is 3.24. The van der Waals surface area contributed by atoms with Crippen molar-refractivity contribution < 1.29 is 4.39 Å². The summed E-state index contributed by atoms with van der Waals surface area (Å²) in [5.41, 5.74) is 1.32. The van der Waals surface area contributed by atoms with E-state index in [1.165, 1.54) is 28.6 Å². The Hall–Kier alpha value is -2.33. The van der Waals surface area contributed by atoms with Crippen molar-refractivity contribution in [3.8, 4) is 5.95 Å². The summed E-state index contributed by atoms with van der Waals surface area (Å²) in [6.07, 6.45) is 1.77.